The first kappa shape index (κ1) is 22.4. The summed E-state index contributed by atoms with van der Waals surface area (Å²) in [5, 5.41) is 7.21. The molecule has 0 bridgehead atoms. The highest BCUT2D eigenvalue weighted by Crippen LogP contribution is 2.25. The van der Waals surface area contributed by atoms with Gasteiger partial charge in [-0.05, 0) is 53.4 Å². The van der Waals surface area contributed by atoms with Gasteiger partial charge in [0.05, 0.1) is 23.2 Å². The number of aliphatic imine (C=N–C) groups is 2. The van der Waals surface area contributed by atoms with Crippen LogP contribution in [0.3, 0.4) is 0 Å². The van der Waals surface area contributed by atoms with Gasteiger partial charge in [-0.15, -0.1) is 0 Å². The van der Waals surface area contributed by atoms with Gasteiger partial charge in [0.2, 0.25) is 0 Å². The number of nitrogens with zero attached hydrogens (tertiary/aromatic N) is 2. The molecule has 0 spiro atoms. The van der Waals surface area contributed by atoms with Gasteiger partial charge in [-0.25, -0.2) is 0 Å². The molecule has 0 amide bonds. The monoisotopic (exact) mass is 412 g/mol. The summed E-state index contributed by atoms with van der Waals surface area (Å²) in [6, 6.07) is 0.493. The summed E-state index contributed by atoms with van der Waals surface area (Å²) in [5.74, 6) is 0.0592. The lowest BCUT2D eigenvalue weighted by Crippen LogP contribution is -2.49. The largest absolute Gasteiger partial charge is 0.383 e. The van der Waals surface area contributed by atoms with E-state index in [1.54, 1.807) is 26.3 Å². The van der Waals surface area contributed by atoms with Gasteiger partial charge in [0.25, 0.3) is 0 Å². The maximum atomic E-state index is 12.4. The van der Waals surface area contributed by atoms with E-state index in [1.807, 2.05) is 13.8 Å². The van der Waals surface area contributed by atoms with Crippen LogP contribution >= 0.6 is 0 Å². The molecule has 30 heavy (non-hydrogen) atoms. The average molecular weight is 413 g/mol. The Morgan fingerprint density at radius 1 is 0.733 bits per heavy atom. The predicted molar refractivity (Wildman–Crippen MR) is 122 cm³/mol. The van der Waals surface area contributed by atoms with Crippen molar-refractivity contribution < 1.29 is 9.59 Å². The molecule has 0 radical (unpaired) electrons. The highest BCUT2D eigenvalue weighted by atomic mass is 16.1. The number of carbonyl (C=O) groups is 2. The molecule has 4 unspecified atom stereocenters. The number of nitrogens with one attached hydrogen (secondary N) is 2. The molecule has 3 rings (SSSR count). The highest BCUT2D eigenvalue weighted by Gasteiger charge is 2.28. The normalized spacial score (nSPS) is 35.3. The third kappa shape index (κ3) is 5.46. The summed E-state index contributed by atoms with van der Waals surface area (Å²) in [7, 11) is 0. The fourth-order valence-corrected chi connectivity index (χ4v) is 4.87. The quantitative estimate of drug-likeness (QED) is 0.725. The van der Waals surface area contributed by atoms with Gasteiger partial charge in [0, 0.05) is 35.9 Å². The van der Waals surface area contributed by atoms with Gasteiger partial charge in [-0.1, -0.05) is 25.7 Å². The summed E-state index contributed by atoms with van der Waals surface area (Å²) >= 11 is 0. The number of fused-ring (bicyclic) bond motifs is 2. The minimum atomic E-state index is 0.0296. The third-order valence-electron chi connectivity index (χ3n) is 6.62. The molecule has 6 heteroatoms. The summed E-state index contributed by atoms with van der Waals surface area (Å²) < 4.78 is 0. The van der Waals surface area contributed by atoms with Crippen molar-refractivity contribution in [2.24, 2.45) is 9.98 Å². The lowest BCUT2D eigenvalue weighted by atomic mass is 9.89. The van der Waals surface area contributed by atoms with E-state index in [0.29, 0.717) is 11.1 Å². The molecule has 6 nitrogen and oxygen atoms in total. The standard InChI is InChI=1S/C24H36N4O2/c1-15-19(17(3)29)13-25-21-9-5-6-10-22(21)26-14-20(18(4)30)16(2)28-24-12-8-7-11-23(24)27-15/h13-14,21-24,27-28H,5-12H2,1-4H3/b19-15-,20-16+,25-13?,26-14?. The molecule has 2 N–H and O–H groups in total. The van der Waals surface area contributed by atoms with Gasteiger partial charge in [0.1, 0.15) is 0 Å². The van der Waals surface area contributed by atoms with Crippen LogP contribution in [0.25, 0.3) is 0 Å². The zero-order valence-electron chi connectivity index (χ0n) is 18.8. The Morgan fingerprint density at radius 3 is 1.47 bits per heavy atom. The molecule has 0 aromatic heterocycles. The van der Waals surface area contributed by atoms with E-state index in [4.69, 9.17) is 9.98 Å². The van der Waals surface area contributed by atoms with E-state index < -0.39 is 0 Å². The van der Waals surface area contributed by atoms with E-state index in [-0.39, 0.29) is 35.7 Å². The maximum absolute atomic E-state index is 12.4. The van der Waals surface area contributed by atoms with Crippen LogP contribution in [0.2, 0.25) is 0 Å². The van der Waals surface area contributed by atoms with Crippen LogP contribution in [-0.4, -0.2) is 48.2 Å². The van der Waals surface area contributed by atoms with Crippen LogP contribution in [-0.2, 0) is 9.59 Å². The van der Waals surface area contributed by atoms with Crippen molar-refractivity contribution in [2.45, 2.75) is 103 Å². The number of hydrogen-bond acceptors (Lipinski definition) is 6. The SMILES string of the molecule is CC(=O)/C1=C(/C)NC2CCCCC2N/C(C)=C(/C(C)=O)C=NC2CCCCC2N=C1. The number of allylic oxidation sites excluding steroid dienone is 4. The van der Waals surface area contributed by atoms with Crippen molar-refractivity contribution in [2.75, 3.05) is 0 Å². The molecule has 1 aliphatic heterocycles. The van der Waals surface area contributed by atoms with E-state index in [0.717, 1.165) is 62.8 Å². The van der Waals surface area contributed by atoms with Gasteiger partial charge in [0.15, 0.2) is 11.6 Å². The molecular formula is C24H36N4O2. The highest BCUT2D eigenvalue weighted by molar-refractivity contribution is 6.13. The van der Waals surface area contributed by atoms with E-state index in [9.17, 15) is 9.59 Å². The molecule has 164 valence electrons. The third-order valence-corrected chi connectivity index (χ3v) is 6.62. The van der Waals surface area contributed by atoms with Crippen LogP contribution in [0.15, 0.2) is 32.5 Å². The Bertz CT molecular complexity index is 727. The van der Waals surface area contributed by atoms with Crippen LogP contribution < -0.4 is 10.6 Å². The van der Waals surface area contributed by atoms with Crippen LogP contribution in [0, 0.1) is 0 Å². The second kappa shape index (κ2) is 10.2. The Labute approximate surface area is 180 Å². The first-order chi connectivity index (χ1) is 14.4. The zero-order valence-corrected chi connectivity index (χ0v) is 18.8. The molecule has 4 atom stereocenters. The van der Waals surface area contributed by atoms with Crippen LogP contribution in [0.4, 0.5) is 0 Å². The van der Waals surface area contributed by atoms with Crippen molar-refractivity contribution in [1.29, 1.82) is 0 Å². The number of hydrogen-bond donors (Lipinski definition) is 2. The average Bonchev–Trinajstić information content (AvgIpc) is 2.69. The fraction of sp³-hybridized carbons (Fsp3) is 0.667. The van der Waals surface area contributed by atoms with Crippen molar-refractivity contribution in [3.05, 3.63) is 22.5 Å². The molecule has 0 aromatic rings. The van der Waals surface area contributed by atoms with Gasteiger partial charge in [-0.2, -0.15) is 0 Å². The second-order valence-corrected chi connectivity index (χ2v) is 8.95. The van der Waals surface area contributed by atoms with Gasteiger partial charge >= 0.3 is 0 Å². The van der Waals surface area contributed by atoms with Crippen molar-refractivity contribution >= 4 is 24.0 Å². The minimum Gasteiger partial charge on any atom is -0.383 e. The van der Waals surface area contributed by atoms with Crippen LogP contribution in [0.5, 0.6) is 0 Å². The Kier molecular flexibility index (Phi) is 7.62. The number of rotatable bonds is 2. The molecule has 0 saturated heterocycles. The summed E-state index contributed by atoms with van der Waals surface area (Å²) in [5.41, 5.74) is 3.07. The lowest BCUT2D eigenvalue weighted by molar-refractivity contribution is -0.114. The number of Topliss-reactive ketones (excluding diaryl/α,β-unsaturated/α-hetero) is 2. The summed E-state index contributed by atoms with van der Waals surface area (Å²) in [4.78, 5) is 34.3. The van der Waals surface area contributed by atoms with Gasteiger partial charge in [-0.3, -0.25) is 19.6 Å². The van der Waals surface area contributed by atoms with E-state index in [2.05, 4.69) is 10.6 Å². The fourth-order valence-electron chi connectivity index (χ4n) is 4.87. The smallest absolute Gasteiger partial charge is 0.163 e. The predicted octanol–water partition coefficient (Wildman–Crippen LogP) is 3.67. The summed E-state index contributed by atoms with van der Waals surface area (Å²) in [6.07, 6.45) is 12.0. The summed E-state index contributed by atoms with van der Waals surface area (Å²) in [6.45, 7) is 7.16. The van der Waals surface area contributed by atoms with Crippen molar-refractivity contribution in [3.63, 3.8) is 0 Å². The number of carbonyl (C=O) groups excluding carboxylic acids is 2. The zero-order chi connectivity index (χ0) is 21.7. The van der Waals surface area contributed by atoms with Crippen LogP contribution in [0.1, 0.15) is 79.1 Å². The minimum absolute atomic E-state index is 0.0296. The van der Waals surface area contributed by atoms with E-state index >= 15 is 0 Å². The Balaban J connectivity index is 2.04. The first-order valence-electron chi connectivity index (χ1n) is 11.4. The van der Waals surface area contributed by atoms with Crippen molar-refractivity contribution in [1.82, 2.24) is 10.6 Å². The topological polar surface area (TPSA) is 82.9 Å². The molecule has 2 fully saturated rings. The first-order valence-corrected chi connectivity index (χ1v) is 11.4. The second-order valence-electron chi connectivity index (χ2n) is 8.95. The number of ketones is 2. The van der Waals surface area contributed by atoms with Crippen molar-refractivity contribution in [3.8, 4) is 0 Å². The molecule has 2 saturated carbocycles. The molecule has 3 aliphatic rings. The molecule has 0 aromatic carbocycles. The van der Waals surface area contributed by atoms with Gasteiger partial charge < -0.3 is 10.6 Å². The molecular weight excluding hydrogens is 376 g/mol. The lowest BCUT2D eigenvalue weighted by Gasteiger charge is -2.35. The molecule has 2 aliphatic carbocycles. The Hall–Kier alpha value is -2.24. The van der Waals surface area contributed by atoms with E-state index in [1.165, 1.54) is 0 Å². The Morgan fingerprint density at radius 2 is 1.10 bits per heavy atom. The maximum Gasteiger partial charge on any atom is 0.163 e. The molecule has 1 heterocycles.